The van der Waals surface area contributed by atoms with Gasteiger partial charge in [-0.1, -0.05) is 15.9 Å². The Balaban J connectivity index is 1.79. The van der Waals surface area contributed by atoms with E-state index in [9.17, 15) is 5.11 Å². The second-order valence-corrected chi connectivity index (χ2v) is 7.50. The summed E-state index contributed by atoms with van der Waals surface area (Å²) in [6.07, 6.45) is 5.07. The topological polar surface area (TPSA) is 29.5 Å². The Morgan fingerprint density at radius 2 is 2.10 bits per heavy atom. The molecule has 4 heteroatoms. The quantitative estimate of drug-likeness (QED) is 0.851. The molecular formula is C17H19BrO2S. The summed E-state index contributed by atoms with van der Waals surface area (Å²) in [6, 6.07) is 8.09. The molecule has 0 saturated carbocycles. The van der Waals surface area contributed by atoms with Gasteiger partial charge in [0.1, 0.15) is 5.75 Å². The maximum Gasteiger partial charge on any atom is 0.119 e. The summed E-state index contributed by atoms with van der Waals surface area (Å²) in [5.41, 5.74) is 2.53. The zero-order valence-corrected chi connectivity index (χ0v) is 14.5. The highest BCUT2D eigenvalue weighted by Gasteiger charge is 2.18. The molecule has 3 rings (SSSR count). The molecule has 1 heterocycles. The Bertz CT molecular complexity index is 612. The number of aliphatic hydroxyl groups excluding tert-OH is 1. The van der Waals surface area contributed by atoms with Crippen molar-refractivity contribution < 1.29 is 9.84 Å². The number of ether oxygens (including phenoxy) is 1. The normalized spacial score (nSPS) is 15.6. The molecule has 1 aliphatic carbocycles. The number of rotatable bonds is 4. The van der Waals surface area contributed by atoms with Crippen LogP contribution in [0.4, 0.5) is 0 Å². The molecule has 0 fully saturated rings. The van der Waals surface area contributed by atoms with Gasteiger partial charge in [0, 0.05) is 20.6 Å². The Hall–Kier alpha value is -0.840. The summed E-state index contributed by atoms with van der Waals surface area (Å²) in [5, 5.41) is 10.6. The molecule has 0 aliphatic heterocycles. The molecule has 1 N–H and O–H groups in total. The van der Waals surface area contributed by atoms with Gasteiger partial charge in [0.15, 0.2) is 0 Å². The number of benzene rings is 1. The van der Waals surface area contributed by atoms with Crippen molar-refractivity contribution >= 4 is 27.3 Å². The second kappa shape index (κ2) is 6.51. The fourth-order valence-corrected chi connectivity index (χ4v) is 4.47. The summed E-state index contributed by atoms with van der Waals surface area (Å²) in [4.78, 5) is 2.57. The number of hydrogen-bond acceptors (Lipinski definition) is 3. The van der Waals surface area contributed by atoms with E-state index in [0.717, 1.165) is 20.7 Å². The van der Waals surface area contributed by atoms with Gasteiger partial charge in [-0.25, -0.2) is 0 Å². The van der Waals surface area contributed by atoms with Crippen LogP contribution in [0.5, 0.6) is 5.75 Å². The smallest absolute Gasteiger partial charge is 0.119 e. The van der Waals surface area contributed by atoms with Gasteiger partial charge in [-0.3, -0.25) is 0 Å². The molecule has 1 unspecified atom stereocenters. The molecule has 1 atom stereocenters. The minimum Gasteiger partial charge on any atom is -0.497 e. The zero-order valence-electron chi connectivity index (χ0n) is 12.1. The van der Waals surface area contributed by atoms with Gasteiger partial charge in [0.05, 0.1) is 13.2 Å². The summed E-state index contributed by atoms with van der Waals surface area (Å²) in [7, 11) is 1.66. The van der Waals surface area contributed by atoms with Crippen LogP contribution in [-0.2, 0) is 19.3 Å². The van der Waals surface area contributed by atoms with Crippen LogP contribution >= 0.6 is 27.3 Å². The third-order valence-corrected chi connectivity index (χ3v) is 6.12. The number of halogens is 1. The van der Waals surface area contributed by atoms with Gasteiger partial charge in [0.2, 0.25) is 0 Å². The van der Waals surface area contributed by atoms with Crippen LogP contribution in [0.3, 0.4) is 0 Å². The molecule has 0 bridgehead atoms. The number of methoxy groups -OCH3 is 1. The maximum atomic E-state index is 10.6. The predicted octanol–water partition coefficient (Wildman–Crippen LogP) is 4.67. The van der Waals surface area contributed by atoms with Crippen LogP contribution in [0, 0.1) is 0 Å². The average Bonchev–Trinajstić information content (AvgIpc) is 2.93. The van der Waals surface area contributed by atoms with Crippen molar-refractivity contribution in [3.05, 3.63) is 49.6 Å². The van der Waals surface area contributed by atoms with Crippen LogP contribution in [0.1, 0.15) is 39.8 Å². The first-order chi connectivity index (χ1) is 10.2. The van der Waals surface area contributed by atoms with Crippen LogP contribution in [-0.4, -0.2) is 12.2 Å². The Labute approximate surface area is 137 Å². The maximum absolute atomic E-state index is 10.6. The van der Waals surface area contributed by atoms with Gasteiger partial charge in [-0.05, 0) is 61.1 Å². The lowest BCUT2D eigenvalue weighted by Gasteiger charge is -2.11. The fraction of sp³-hybridized carbons (Fsp3) is 0.412. The Kier molecular flexibility index (Phi) is 4.67. The summed E-state index contributed by atoms with van der Waals surface area (Å²) >= 11 is 5.34. The van der Waals surface area contributed by atoms with Crippen molar-refractivity contribution in [1.29, 1.82) is 0 Å². The van der Waals surface area contributed by atoms with Crippen LogP contribution in [0.15, 0.2) is 28.7 Å². The van der Waals surface area contributed by atoms with Crippen LogP contribution in [0.25, 0.3) is 0 Å². The molecule has 2 nitrogen and oxygen atoms in total. The molecule has 1 aliphatic rings. The first-order valence-electron chi connectivity index (χ1n) is 7.29. The highest BCUT2D eigenvalue weighted by molar-refractivity contribution is 9.10. The van der Waals surface area contributed by atoms with Crippen molar-refractivity contribution in [2.24, 2.45) is 0 Å². The first kappa shape index (κ1) is 15.1. The SMILES string of the molecule is COc1ccc(Br)c(CC(O)c2cc3c(s2)CCCC3)c1. The fourth-order valence-electron chi connectivity index (χ4n) is 2.82. The molecule has 0 spiro atoms. The zero-order chi connectivity index (χ0) is 14.8. The van der Waals surface area contributed by atoms with E-state index in [4.69, 9.17) is 4.74 Å². The summed E-state index contributed by atoms with van der Waals surface area (Å²) in [6.45, 7) is 0. The van der Waals surface area contributed by atoms with Crippen LogP contribution < -0.4 is 4.74 Å². The summed E-state index contributed by atoms with van der Waals surface area (Å²) in [5.74, 6) is 0.825. The van der Waals surface area contributed by atoms with E-state index in [0.29, 0.717) is 6.42 Å². The lowest BCUT2D eigenvalue weighted by atomic mass is 9.98. The Morgan fingerprint density at radius 1 is 1.29 bits per heavy atom. The van der Waals surface area contributed by atoms with Crippen LogP contribution in [0.2, 0.25) is 0 Å². The third-order valence-electron chi connectivity index (χ3n) is 4.01. The third kappa shape index (κ3) is 3.33. The van der Waals surface area contributed by atoms with Gasteiger partial charge in [-0.2, -0.15) is 0 Å². The van der Waals surface area contributed by atoms with Crippen molar-refractivity contribution in [2.45, 2.75) is 38.2 Å². The van der Waals surface area contributed by atoms with E-state index in [1.54, 1.807) is 18.4 Å². The standard InChI is InChI=1S/C17H19BrO2S/c1-20-13-6-7-14(18)12(8-13)9-15(19)17-10-11-4-2-3-5-16(11)21-17/h6-8,10,15,19H,2-5,9H2,1H3. The number of fused-ring (bicyclic) bond motifs is 1. The number of hydrogen-bond donors (Lipinski definition) is 1. The monoisotopic (exact) mass is 366 g/mol. The van der Waals surface area contributed by atoms with Gasteiger partial charge in [-0.15, -0.1) is 11.3 Å². The highest BCUT2D eigenvalue weighted by Crippen LogP contribution is 2.35. The van der Waals surface area contributed by atoms with Crippen molar-refractivity contribution in [2.75, 3.05) is 7.11 Å². The van der Waals surface area contributed by atoms with Crippen molar-refractivity contribution in [3.8, 4) is 5.75 Å². The van der Waals surface area contributed by atoms with E-state index in [-0.39, 0.29) is 0 Å². The number of aryl methyl sites for hydroxylation is 2. The van der Waals surface area contributed by atoms with E-state index >= 15 is 0 Å². The van der Waals surface area contributed by atoms with E-state index < -0.39 is 6.10 Å². The predicted molar refractivity (Wildman–Crippen MR) is 90.3 cm³/mol. The highest BCUT2D eigenvalue weighted by atomic mass is 79.9. The molecule has 1 aromatic carbocycles. The molecule has 1 aromatic heterocycles. The lowest BCUT2D eigenvalue weighted by Crippen LogP contribution is -2.01. The minimum atomic E-state index is -0.441. The molecule has 2 aromatic rings. The molecule has 0 amide bonds. The van der Waals surface area contributed by atoms with Gasteiger partial charge >= 0.3 is 0 Å². The van der Waals surface area contributed by atoms with E-state index in [1.165, 1.54) is 36.1 Å². The van der Waals surface area contributed by atoms with E-state index in [2.05, 4.69) is 22.0 Å². The first-order valence-corrected chi connectivity index (χ1v) is 8.90. The number of thiophene rings is 1. The Morgan fingerprint density at radius 3 is 2.86 bits per heavy atom. The number of aliphatic hydroxyl groups is 1. The molecule has 112 valence electrons. The van der Waals surface area contributed by atoms with E-state index in [1.807, 2.05) is 18.2 Å². The second-order valence-electron chi connectivity index (χ2n) is 5.48. The van der Waals surface area contributed by atoms with Gasteiger partial charge in [0.25, 0.3) is 0 Å². The minimum absolute atomic E-state index is 0.441. The summed E-state index contributed by atoms with van der Waals surface area (Å²) < 4.78 is 6.28. The average molecular weight is 367 g/mol. The lowest BCUT2D eigenvalue weighted by molar-refractivity contribution is 0.182. The van der Waals surface area contributed by atoms with Crippen molar-refractivity contribution in [1.82, 2.24) is 0 Å². The molecule has 0 radical (unpaired) electrons. The molecule has 21 heavy (non-hydrogen) atoms. The molecule has 0 saturated heterocycles. The largest absolute Gasteiger partial charge is 0.497 e. The van der Waals surface area contributed by atoms with Crippen molar-refractivity contribution in [3.63, 3.8) is 0 Å². The molecular weight excluding hydrogens is 348 g/mol. The van der Waals surface area contributed by atoms with Gasteiger partial charge < -0.3 is 9.84 Å².